The largest absolute Gasteiger partial charge is 0.335 e. The molecule has 108 valence electrons. The van der Waals surface area contributed by atoms with Gasteiger partial charge in [-0.25, -0.2) is 0 Å². The smallest absolute Gasteiger partial charge is 0.254 e. The summed E-state index contributed by atoms with van der Waals surface area (Å²) in [5.74, 6) is 5.82. The van der Waals surface area contributed by atoms with Crippen molar-refractivity contribution in [2.45, 2.75) is 32.2 Å². The number of nitrogens with two attached hydrogens (primary N) is 1. The third kappa shape index (κ3) is 3.84. The van der Waals surface area contributed by atoms with E-state index in [-0.39, 0.29) is 5.91 Å². The second-order valence-corrected chi connectivity index (χ2v) is 5.17. The zero-order chi connectivity index (χ0) is 15.2. The minimum Gasteiger partial charge on any atom is -0.335 e. The molecule has 1 saturated carbocycles. The first-order valence-corrected chi connectivity index (χ1v) is 7.15. The lowest BCUT2D eigenvalue weighted by molar-refractivity contribution is 0.0746. The van der Waals surface area contributed by atoms with Crippen LogP contribution in [-0.4, -0.2) is 29.9 Å². The Morgan fingerprint density at radius 3 is 2.81 bits per heavy atom. The normalized spacial score (nSPS) is 13.0. The summed E-state index contributed by atoms with van der Waals surface area (Å²) < 4.78 is 0. The van der Waals surface area contributed by atoms with E-state index in [0.717, 1.165) is 24.0 Å². The van der Waals surface area contributed by atoms with Crippen molar-refractivity contribution < 1.29 is 4.79 Å². The van der Waals surface area contributed by atoms with Crippen molar-refractivity contribution in [3.05, 3.63) is 34.9 Å². The molecule has 1 aromatic rings. The van der Waals surface area contributed by atoms with Gasteiger partial charge in [-0.2, -0.15) is 5.26 Å². The molecule has 1 aromatic carbocycles. The lowest BCUT2D eigenvalue weighted by atomic mass is 10.0. The number of hydrogen-bond donors (Lipinski definition) is 1. The van der Waals surface area contributed by atoms with Crippen LogP contribution in [0.2, 0.25) is 0 Å². The first kappa shape index (κ1) is 15.1. The molecule has 0 unspecified atom stereocenters. The Kier molecular flexibility index (Phi) is 4.98. The monoisotopic (exact) mass is 281 g/mol. The number of nitrogens with zero attached hydrogens (tertiary/aromatic N) is 2. The van der Waals surface area contributed by atoms with Crippen molar-refractivity contribution in [2.75, 3.05) is 13.1 Å². The highest BCUT2D eigenvalue weighted by Crippen LogP contribution is 2.28. The number of benzene rings is 1. The van der Waals surface area contributed by atoms with Crippen LogP contribution in [0.15, 0.2) is 18.2 Å². The van der Waals surface area contributed by atoms with Gasteiger partial charge in [-0.05, 0) is 43.5 Å². The number of carbonyl (C=O) groups excluding carboxylic acids is 1. The maximum absolute atomic E-state index is 12.6. The van der Waals surface area contributed by atoms with Gasteiger partial charge in [0.05, 0.1) is 19.0 Å². The first-order valence-electron chi connectivity index (χ1n) is 7.15. The van der Waals surface area contributed by atoms with E-state index >= 15 is 0 Å². The zero-order valence-corrected chi connectivity index (χ0v) is 12.2. The molecule has 21 heavy (non-hydrogen) atoms. The Morgan fingerprint density at radius 2 is 2.24 bits per heavy atom. The van der Waals surface area contributed by atoms with Crippen molar-refractivity contribution in [1.29, 1.82) is 5.26 Å². The summed E-state index contributed by atoms with van der Waals surface area (Å²) >= 11 is 0. The van der Waals surface area contributed by atoms with Gasteiger partial charge in [-0.1, -0.05) is 11.8 Å². The number of amides is 1. The van der Waals surface area contributed by atoms with E-state index in [1.54, 1.807) is 6.07 Å². The molecule has 2 rings (SSSR count). The fraction of sp³-hybridized carbons (Fsp3) is 0.412. The highest BCUT2D eigenvalue weighted by Gasteiger charge is 2.32. The van der Waals surface area contributed by atoms with Gasteiger partial charge in [0, 0.05) is 23.7 Å². The van der Waals surface area contributed by atoms with E-state index in [9.17, 15) is 4.79 Å². The standard InChI is InChI=1S/C17H19N3O/c1-13-12-15(6-5-14(13)4-2-9-18)17(21)20(11-3-10-19)16-7-8-16/h5-6,12,16H,3,7-9,11,18H2,1H3. The lowest BCUT2D eigenvalue weighted by Crippen LogP contribution is -2.34. The lowest BCUT2D eigenvalue weighted by Gasteiger charge is -2.21. The fourth-order valence-corrected chi connectivity index (χ4v) is 2.26. The van der Waals surface area contributed by atoms with Gasteiger partial charge < -0.3 is 10.6 Å². The highest BCUT2D eigenvalue weighted by atomic mass is 16.2. The molecule has 4 heteroatoms. The predicted octanol–water partition coefficient (Wildman–Crippen LogP) is 1.82. The Morgan fingerprint density at radius 1 is 1.48 bits per heavy atom. The maximum atomic E-state index is 12.6. The summed E-state index contributed by atoms with van der Waals surface area (Å²) in [6, 6.07) is 7.95. The highest BCUT2D eigenvalue weighted by molar-refractivity contribution is 5.95. The van der Waals surface area contributed by atoms with Crippen molar-refractivity contribution >= 4 is 5.91 Å². The van der Waals surface area contributed by atoms with E-state index in [4.69, 9.17) is 11.0 Å². The van der Waals surface area contributed by atoms with Crippen LogP contribution in [0.3, 0.4) is 0 Å². The molecule has 0 bridgehead atoms. The molecular formula is C17H19N3O. The zero-order valence-electron chi connectivity index (χ0n) is 12.2. The Labute approximate surface area is 125 Å². The van der Waals surface area contributed by atoms with Gasteiger partial charge in [0.25, 0.3) is 5.91 Å². The molecule has 0 radical (unpaired) electrons. The van der Waals surface area contributed by atoms with Crippen molar-refractivity contribution in [2.24, 2.45) is 5.73 Å². The SMILES string of the molecule is Cc1cc(C(=O)N(CCC#N)C2CC2)ccc1C#CCN. The molecule has 0 aromatic heterocycles. The maximum Gasteiger partial charge on any atom is 0.254 e. The minimum atomic E-state index is 0.00850. The van der Waals surface area contributed by atoms with Gasteiger partial charge in [0.2, 0.25) is 0 Å². The average molecular weight is 281 g/mol. The molecule has 1 amide bonds. The number of hydrogen-bond acceptors (Lipinski definition) is 3. The van der Waals surface area contributed by atoms with Crippen LogP contribution in [0.4, 0.5) is 0 Å². The van der Waals surface area contributed by atoms with Crippen LogP contribution in [0, 0.1) is 30.1 Å². The molecule has 1 aliphatic rings. The molecule has 4 nitrogen and oxygen atoms in total. The van der Waals surface area contributed by atoms with Gasteiger partial charge >= 0.3 is 0 Å². The average Bonchev–Trinajstić information content (AvgIpc) is 3.31. The number of rotatable bonds is 4. The summed E-state index contributed by atoms with van der Waals surface area (Å²) in [5, 5.41) is 8.72. The molecule has 0 aliphatic heterocycles. The minimum absolute atomic E-state index is 0.00850. The second-order valence-electron chi connectivity index (χ2n) is 5.17. The Hall–Kier alpha value is -2.30. The topological polar surface area (TPSA) is 70.1 Å². The first-order chi connectivity index (χ1) is 10.2. The van der Waals surface area contributed by atoms with Crippen LogP contribution in [-0.2, 0) is 0 Å². The van der Waals surface area contributed by atoms with Crippen LogP contribution in [0.1, 0.15) is 40.7 Å². The predicted molar refractivity (Wildman–Crippen MR) is 81.4 cm³/mol. The van der Waals surface area contributed by atoms with E-state index in [0.29, 0.717) is 31.1 Å². The van der Waals surface area contributed by atoms with E-state index in [2.05, 4.69) is 17.9 Å². The van der Waals surface area contributed by atoms with Gasteiger partial charge in [-0.15, -0.1) is 0 Å². The fourth-order valence-electron chi connectivity index (χ4n) is 2.26. The van der Waals surface area contributed by atoms with Gasteiger partial charge in [-0.3, -0.25) is 4.79 Å². The van der Waals surface area contributed by atoms with Crippen LogP contribution < -0.4 is 5.73 Å². The van der Waals surface area contributed by atoms with Crippen LogP contribution >= 0.6 is 0 Å². The van der Waals surface area contributed by atoms with Gasteiger partial charge in [0.15, 0.2) is 0 Å². The van der Waals surface area contributed by atoms with Crippen molar-refractivity contribution in [1.82, 2.24) is 4.90 Å². The summed E-state index contributed by atoms with van der Waals surface area (Å²) in [7, 11) is 0. The quantitative estimate of drug-likeness (QED) is 0.856. The second kappa shape index (κ2) is 6.92. The van der Waals surface area contributed by atoms with Crippen molar-refractivity contribution in [3.8, 4) is 17.9 Å². The molecule has 2 N–H and O–H groups in total. The molecule has 0 heterocycles. The van der Waals surface area contributed by atoms with Gasteiger partial charge in [0.1, 0.15) is 0 Å². The summed E-state index contributed by atoms with van der Waals surface area (Å²) in [6.07, 6.45) is 2.45. The number of aryl methyl sites for hydroxylation is 1. The molecule has 1 aliphatic carbocycles. The molecule has 0 saturated heterocycles. The van der Waals surface area contributed by atoms with Crippen LogP contribution in [0.5, 0.6) is 0 Å². The number of carbonyl (C=O) groups is 1. The summed E-state index contributed by atoms with van der Waals surface area (Å²) in [5.41, 5.74) is 7.90. The van der Waals surface area contributed by atoms with Crippen LogP contribution in [0.25, 0.3) is 0 Å². The molecule has 0 atom stereocenters. The van der Waals surface area contributed by atoms with E-state index < -0.39 is 0 Å². The summed E-state index contributed by atoms with van der Waals surface area (Å²) in [4.78, 5) is 14.4. The molecule has 0 spiro atoms. The third-order valence-electron chi connectivity index (χ3n) is 3.51. The third-order valence-corrected chi connectivity index (χ3v) is 3.51. The summed E-state index contributed by atoms with van der Waals surface area (Å²) in [6.45, 7) is 2.77. The molecular weight excluding hydrogens is 262 g/mol. The Balaban J connectivity index is 2.18. The molecule has 1 fully saturated rings. The Bertz CT molecular complexity index is 630. The van der Waals surface area contributed by atoms with E-state index in [1.165, 1.54) is 0 Å². The van der Waals surface area contributed by atoms with Crippen molar-refractivity contribution in [3.63, 3.8) is 0 Å². The number of nitriles is 1. The van der Waals surface area contributed by atoms with E-state index in [1.807, 2.05) is 24.0 Å².